The number of ether oxygens (including phenoxy) is 1. The van der Waals surface area contributed by atoms with E-state index in [4.69, 9.17) is 9.73 Å². The third-order valence-electron chi connectivity index (χ3n) is 9.43. The standard InChI is InChI=1S/C40H56N2O4/c1-8-17-31(25-24-29(5)46-33-21-16-20-32(26-27-33)40(6,7)10-3)36(28-30-18-12-13-19-30)41-35(9-2)38(43)42(11-4)37-23-15-14-22-34(37)39(44)45/h9,14-15,17,20,22-24,26-27,30,33H,8,10-13,16,18-19,21,25,28H2,1-7H3,(H,44,45)/b29-24+,31-17+,35-9-,41-36+. The molecule has 1 saturated carbocycles. The number of aromatic carboxylic acids is 1. The van der Waals surface area contributed by atoms with Crippen LogP contribution in [0.5, 0.6) is 0 Å². The van der Waals surface area contributed by atoms with Gasteiger partial charge in [0.25, 0.3) is 5.91 Å². The number of aliphatic imine (C=N–C) groups is 1. The van der Waals surface area contributed by atoms with Gasteiger partial charge in [-0.15, -0.1) is 0 Å². The molecule has 0 aliphatic heterocycles. The van der Waals surface area contributed by atoms with Gasteiger partial charge in [0.1, 0.15) is 11.8 Å². The number of rotatable bonds is 15. The van der Waals surface area contributed by atoms with Crippen LogP contribution in [0.2, 0.25) is 0 Å². The minimum atomic E-state index is -1.06. The minimum Gasteiger partial charge on any atom is -0.491 e. The van der Waals surface area contributed by atoms with Gasteiger partial charge in [-0.25, -0.2) is 9.79 Å². The van der Waals surface area contributed by atoms with Gasteiger partial charge in [0.05, 0.1) is 17.0 Å². The first-order valence-electron chi connectivity index (χ1n) is 17.3. The predicted octanol–water partition coefficient (Wildman–Crippen LogP) is 10.4. The first-order valence-corrected chi connectivity index (χ1v) is 17.3. The van der Waals surface area contributed by atoms with Gasteiger partial charge >= 0.3 is 5.97 Å². The molecule has 1 unspecified atom stereocenters. The van der Waals surface area contributed by atoms with Crippen molar-refractivity contribution >= 4 is 23.3 Å². The number of amides is 1. The lowest BCUT2D eigenvalue weighted by Gasteiger charge is -2.24. The summed E-state index contributed by atoms with van der Waals surface area (Å²) in [6.45, 7) is 15.0. The summed E-state index contributed by atoms with van der Waals surface area (Å²) in [4.78, 5) is 32.5. The molecule has 0 spiro atoms. The Labute approximate surface area is 277 Å². The summed E-state index contributed by atoms with van der Waals surface area (Å²) in [6.07, 6.45) is 23.1. The monoisotopic (exact) mass is 628 g/mol. The van der Waals surface area contributed by atoms with Crippen LogP contribution in [0.25, 0.3) is 0 Å². The molecule has 250 valence electrons. The molecule has 6 heteroatoms. The molecule has 1 aromatic rings. The van der Waals surface area contributed by atoms with E-state index in [1.54, 1.807) is 24.3 Å². The molecule has 1 atom stereocenters. The zero-order valence-electron chi connectivity index (χ0n) is 29.3. The van der Waals surface area contributed by atoms with E-state index in [0.29, 0.717) is 30.3 Å². The van der Waals surface area contributed by atoms with E-state index < -0.39 is 5.97 Å². The number of carbonyl (C=O) groups excluding carboxylic acids is 1. The van der Waals surface area contributed by atoms with Gasteiger partial charge < -0.3 is 14.7 Å². The molecule has 0 bridgehead atoms. The second-order valence-electron chi connectivity index (χ2n) is 13.1. The molecular weight excluding hydrogens is 572 g/mol. The maximum absolute atomic E-state index is 13.9. The zero-order valence-corrected chi connectivity index (χ0v) is 29.3. The van der Waals surface area contributed by atoms with Crippen LogP contribution in [-0.2, 0) is 9.53 Å². The molecule has 0 radical (unpaired) electrons. The largest absolute Gasteiger partial charge is 0.491 e. The summed E-state index contributed by atoms with van der Waals surface area (Å²) in [7, 11) is 0. The first-order chi connectivity index (χ1) is 22.0. The number of hydrogen-bond acceptors (Lipinski definition) is 4. The molecule has 1 amide bonds. The van der Waals surface area contributed by atoms with E-state index in [9.17, 15) is 14.7 Å². The van der Waals surface area contributed by atoms with Gasteiger partial charge in [0.2, 0.25) is 0 Å². The number of carboxylic acid groups (broad SMARTS) is 1. The number of anilines is 1. The number of allylic oxidation sites excluding steroid dienone is 8. The number of carboxylic acids is 1. The molecule has 0 heterocycles. The summed E-state index contributed by atoms with van der Waals surface area (Å²) in [5.41, 5.74) is 4.39. The van der Waals surface area contributed by atoms with Gasteiger partial charge in [0, 0.05) is 12.3 Å². The molecule has 1 fully saturated rings. The summed E-state index contributed by atoms with van der Waals surface area (Å²) >= 11 is 0. The smallest absolute Gasteiger partial charge is 0.337 e. The summed E-state index contributed by atoms with van der Waals surface area (Å²) in [5.74, 6) is 0.0641. The van der Waals surface area contributed by atoms with Crippen molar-refractivity contribution in [3.05, 3.63) is 88.9 Å². The lowest BCUT2D eigenvalue weighted by atomic mass is 9.81. The van der Waals surface area contributed by atoms with Crippen LogP contribution in [-0.4, -0.2) is 35.3 Å². The second-order valence-corrected chi connectivity index (χ2v) is 13.1. The second kappa shape index (κ2) is 17.9. The Morgan fingerprint density at radius 3 is 2.43 bits per heavy atom. The van der Waals surface area contributed by atoms with Gasteiger partial charge in [-0.1, -0.05) is 89.8 Å². The van der Waals surface area contributed by atoms with Crippen LogP contribution in [0, 0.1) is 11.3 Å². The molecule has 0 aromatic heterocycles. The third-order valence-corrected chi connectivity index (χ3v) is 9.43. The van der Waals surface area contributed by atoms with Crippen LogP contribution in [0.4, 0.5) is 5.69 Å². The fourth-order valence-corrected chi connectivity index (χ4v) is 6.26. The molecule has 46 heavy (non-hydrogen) atoms. The number of nitrogens with zero attached hydrogens (tertiary/aromatic N) is 2. The average molecular weight is 629 g/mol. The number of para-hydroxylation sites is 1. The molecule has 0 saturated heterocycles. The Morgan fingerprint density at radius 2 is 1.80 bits per heavy atom. The highest BCUT2D eigenvalue weighted by Gasteiger charge is 2.25. The number of likely N-dealkylation sites (N-methyl/N-ethyl adjacent to an activating group) is 1. The summed E-state index contributed by atoms with van der Waals surface area (Å²) in [6, 6.07) is 6.65. The van der Waals surface area contributed by atoms with Crippen molar-refractivity contribution in [1.82, 2.24) is 0 Å². The van der Waals surface area contributed by atoms with Crippen molar-refractivity contribution in [3.63, 3.8) is 0 Å². The maximum Gasteiger partial charge on any atom is 0.337 e. The van der Waals surface area contributed by atoms with Crippen molar-refractivity contribution < 1.29 is 19.4 Å². The normalized spacial score (nSPS) is 18.8. The van der Waals surface area contributed by atoms with Crippen molar-refractivity contribution in [3.8, 4) is 0 Å². The molecular formula is C40H56N2O4. The molecule has 1 N–H and O–H groups in total. The Balaban J connectivity index is 1.88. The minimum absolute atomic E-state index is 0.0313. The van der Waals surface area contributed by atoms with E-state index >= 15 is 0 Å². The van der Waals surface area contributed by atoms with E-state index in [-0.39, 0.29) is 23.0 Å². The Morgan fingerprint density at radius 1 is 1.09 bits per heavy atom. The zero-order chi connectivity index (χ0) is 33.7. The quantitative estimate of drug-likeness (QED) is 0.119. The van der Waals surface area contributed by atoms with E-state index in [1.165, 1.54) is 42.2 Å². The van der Waals surface area contributed by atoms with Crippen LogP contribution in [0.1, 0.15) is 123 Å². The topological polar surface area (TPSA) is 79.2 Å². The fraction of sp³-hybridized carbons (Fsp3) is 0.525. The first kappa shape index (κ1) is 36.8. The Bertz CT molecular complexity index is 1390. The van der Waals surface area contributed by atoms with Crippen LogP contribution < -0.4 is 4.90 Å². The molecule has 2 aliphatic rings. The lowest BCUT2D eigenvalue weighted by molar-refractivity contribution is -0.115. The van der Waals surface area contributed by atoms with Gasteiger partial charge in [-0.3, -0.25) is 4.79 Å². The van der Waals surface area contributed by atoms with E-state index in [2.05, 4.69) is 58.1 Å². The van der Waals surface area contributed by atoms with Gasteiger partial charge in [0.15, 0.2) is 0 Å². The maximum atomic E-state index is 13.9. The highest BCUT2D eigenvalue weighted by Crippen LogP contribution is 2.34. The third kappa shape index (κ3) is 10.2. The van der Waals surface area contributed by atoms with E-state index in [1.807, 2.05) is 20.8 Å². The van der Waals surface area contributed by atoms with Crippen LogP contribution in [0.3, 0.4) is 0 Å². The number of benzene rings is 1. The Hall–Kier alpha value is -3.67. The van der Waals surface area contributed by atoms with Crippen molar-refractivity contribution in [1.29, 1.82) is 0 Å². The Kier molecular flexibility index (Phi) is 14.3. The predicted molar refractivity (Wildman–Crippen MR) is 191 cm³/mol. The highest BCUT2D eigenvalue weighted by molar-refractivity contribution is 6.11. The van der Waals surface area contributed by atoms with Crippen LogP contribution >= 0.6 is 0 Å². The fourth-order valence-electron chi connectivity index (χ4n) is 6.26. The number of carbonyl (C=O) groups is 2. The van der Waals surface area contributed by atoms with E-state index in [0.717, 1.165) is 49.1 Å². The summed E-state index contributed by atoms with van der Waals surface area (Å²) in [5, 5.41) is 9.79. The average Bonchev–Trinajstić information content (AvgIpc) is 3.44. The lowest BCUT2D eigenvalue weighted by Crippen LogP contribution is -2.33. The number of hydrogen-bond donors (Lipinski definition) is 1. The summed E-state index contributed by atoms with van der Waals surface area (Å²) < 4.78 is 6.43. The highest BCUT2D eigenvalue weighted by atomic mass is 16.5. The molecule has 1 aromatic carbocycles. The van der Waals surface area contributed by atoms with Crippen molar-refractivity contribution in [2.75, 3.05) is 11.4 Å². The molecule has 3 rings (SSSR count). The van der Waals surface area contributed by atoms with Gasteiger partial charge in [-0.2, -0.15) is 0 Å². The van der Waals surface area contributed by atoms with Crippen molar-refractivity contribution in [2.24, 2.45) is 16.3 Å². The molecule has 6 nitrogen and oxygen atoms in total. The van der Waals surface area contributed by atoms with Crippen LogP contribution in [0.15, 0.2) is 88.3 Å². The SMILES string of the molecule is C\C=C(/N=C(CC1CCCC1)/C(=C/CC)C/C=C(\C)OC1C=CC(C(C)(C)CC)=CCC1)C(=O)N(CC)c1ccccc1C(=O)O. The van der Waals surface area contributed by atoms with Crippen molar-refractivity contribution in [2.45, 2.75) is 119 Å². The molecule has 2 aliphatic carbocycles. The van der Waals surface area contributed by atoms with Gasteiger partial charge in [-0.05, 0) is 106 Å².